The molecule has 122 valence electrons. The molecule has 0 aromatic heterocycles. The Labute approximate surface area is 137 Å². The van der Waals surface area contributed by atoms with E-state index in [1.54, 1.807) is 0 Å². The van der Waals surface area contributed by atoms with Gasteiger partial charge in [-0.15, -0.1) is 0 Å². The fourth-order valence-electron chi connectivity index (χ4n) is 2.85. The zero-order valence-electron chi connectivity index (χ0n) is 13.3. The van der Waals surface area contributed by atoms with Gasteiger partial charge in [0, 0.05) is 17.7 Å². The number of hydrogen-bond acceptors (Lipinski definition) is 3. The minimum atomic E-state index is -0.587. The van der Waals surface area contributed by atoms with Crippen LogP contribution >= 0.6 is 11.8 Å². The number of hydrogen-bond donors (Lipinski definition) is 3. The third-order valence-corrected chi connectivity index (χ3v) is 5.37. The van der Waals surface area contributed by atoms with Crippen LogP contribution in [-0.4, -0.2) is 40.8 Å². The lowest BCUT2D eigenvalue weighted by atomic mass is 10.0. The number of carbonyl (C=O) groups excluding carboxylic acids is 1. The first-order chi connectivity index (χ1) is 10.6. The van der Waals surface area contributed by atoms with E-state index in [9.17, 15) is 9.90 Å². The molecular formula is C17H26N2O2S. The predicted octanol–water partition coefficient (Wildman–Crippen LogP) is 2.56. The number of aliphatic hydroxyl groups excluding tert-OH is 1. The number of benzene rings is 1. The van der Waals surface area contributed by atoms with Crippen molar-refractivity contribution in [3.63, 3.8) is 0 Å². The van der Waals surface area contributed by atoms with Crippen molar-refractivity contribution in [2.45, 2.75) is 56.0 Å². The predicted molar refractivity (Wildman–Crippen MR) is 92.2 cm³/mol. The van der Waals surface area contributed by atoms with Crippen molar-refractivity contribution in [1.82, 2.24) is 10.6 Å². The summed E-state index contributed by atoms with van der Waals surface area (Å²) in [7, 11) is 0. The Morgan fingerprint density at radius 3 is 2.73 bits per heavy atom. The number of thioether (sulfide) groups is 1. The van der Waals surface area contributed by atoms with E-state index in [1.165, 1.54) is 0 Å². The molecule has 1 aliphatic rings. The molecule has 1 aromatic carbocycles. The van der Waals surface area contributed by atoms with E-state index in [2.05, 4.69) is 16.9 Å². The van der Waals surface area contributed by atoms with Crippen LogP contribution in [0.5, 0.6) is 0 Å². The number of aliphatic hydroxyl groups is 1. The van der Waals surface area contributed by atoms with Crippen molar-refractivity contribution >= 4 is 17.8 Å². The van der Waals surface area contributed by atoms with E-state index in [0.717, 1.165) is 24.8 Å². The summed E-state index contributed by atoms with van der Waals surface area (Å²) in [6.45, 7) is 1.84. The molecule has 3 N–H and O–H groups in total. The molecule has 0 spiro atoms. The normalized spacial score (nSPS) is 23.8. The summed E-state index contributed by atoms with van der Waals surface area (Å²) in [6, 6.07) is 9.63. The summed E-state index contributed by atoms with van der Waals surface area (Å²) in [5.41, 5.74) is 1.07. The van der Waals surface area contributed by atoms with Gasteiger partial charge in [0.2, 0.25) is 0 Å². The lowest BCUT2D eigenvalue weighted by molar-refractivity contribution is 0.135. The Morgan fingerprint density at radius 2 is 2.09 bits per heavy atom. The third kappa shape index (κ3) is 5.21. The first-order valence-electron chi connectivity index (χ1n) is 7.90. The maximum atomic E-state index is 12.0. The minimum absolute atomic E-state index is 0.175. The highest BCUT2D eigenvalue weighted by atomic mass is 32.2. The molecule has 4 nitrogen and oxygen atoms in total. The van der Waals surface area contributed by atoms with Crippen LogP contribution in [0, 0.1) is 0 Å². The van der Waals surface area contributed by atoms with Crippen molar-refractivity contribution < 1.29 is 9.90 Å². The van der Waals surface area contributed by atoms with E-state index in [0.29, 0.717) is 11.7 Å². The monoisotopic (exact) mass is 322 g/mol. The molecule has 1 fully saturated rings. The molecule has 4 unspecified atom stereocenters. The number of urea groups is 1. The van der Waals surface area contributed by atoms with Gasteiger partial charge in [-0.3, -0.25) is 0 Å². The van der Waals surface area contributed by atoms with Crippen LogP contribution in [-0.2, 0) is 6.42 Å². The van der Waals surface area contributed by atoms with E-state index in [-0.39, 0.29) is 18.1 Å². The molecule has 22 heavy (non-hydrogen) atoms. The highest BCUT2D eigenvalue weighted by molar-refractivity contribution is 7.99. The highest BCUT2D eigenvalue weighted by Crippen LogP contribution is 2.27. The smallest absolute Gasteiger partial charge is 0.315 e. The van der Waals surface area contributed by atoms with Gasteiger partial charge in [0.25, 0.3) is 0 Å². The molecule has 4 atom stereocenters. The van der Waals surface area contributed by atoms with Gasteiger partial charge in [0.15, 0.2) is 0 Å². The van der Waals surface area contributed by atoms with Gasteiger partial charge in [0.05, 0.1) is 12.1 Å². The summed E-state index contributed by atoms with van der Waals surface area (Å²) in [5.74, 6) is 0. The number of nitrogens with one attached hydrogen (secondary N) is 2. The Morgan fingerprint density at radius 1 is 1.36 bits per heavy atom. The van der Waals surface area contributed by atoms with E-state index in [1.807, 2.05) is 49.0 Å². The van der Waals surface area contributed by atoms with Crippen LogP contribution in [0.3, 0.4) is 0 Å². The molecule has 1 aromatic rings. The van der Waals surface area contributed by atoms with Gasteiger partial charge in [-0.2, -0.15) is 11.8 Å². The second-order valence-electron chi connectivity index (χ2n) is 6.03. The summed E-state index contributed by atoms with van der Waals surface area (Å²) in [5, 5.41) is 16.7. The Hall–Kier alpha value is -1.20. The standard InChI is InChI=1S/C17H26N2O2S/c1-12(16(20)10-13-6-4-3-5-7-13)18-17(21)19-14-8-9-15(11-14)22-2/h3-7,12,14-16,20H,8-11H2,1-2H3,(H2,18,19,21). The summed E-state index contributed by atoms with van der Waals surface area (Å²) < 4.78 is 0. The van der Waals surface area contributed by atoms with Crippen LogP contribution in [0.4, 0.5) is 4.79 Å². The van der Waals surface area contributed by atoms with Crippen LogP contribution in [0.15, 0.2) is 30.3 Å². The van der Waals surface area contributed by atoms with Crippen molar-refractivity contribution in [2.24, 2.45) is 0 Å². The molecule has 2 amide bonds. The summed E-state index contributed by atoms with van der Waals surface area (Å²) in [6.07, 6.45) is 5.32. The maximum absolute atomic E-state index is 12.0. The molecule has 0 bridgehead atoms. The van der Waals surface area contributed by atoms with Crippen LogP contribution in [0.1, 0.15) is 31.7 Å². The summed E-state index contributed by atoms with van der Waals surface area (Å²) >= 11 is 1.87. The van der Waals surface area contributed by atoms with E-state index >= 15 is 0 Å². The Bertz CT molecular complexity index is 469. The largest absolute Gasteiger partial charge is 0.391 e. The van der Waals surface area contributed by atoms with Crippen molar-refractivity contribution in [3.8, 4) is 0 Å². The summed E-state index contributed by atoms with van der Waals surface area (Å²) in [4.78, 5) is 12.0. The van der Waals surface area contributed by atoms with Crippen molar-refractivity contribution in [2.75, 3.05) is 6.26 Å². The SMILES string of the molecule is CSC1CCC(NC(=O)NC(C)C(O)Cc2ccccc2)C1. The third-order valence-electron chi connectivity index (χ3n) is 4.28. The zero-order chi connectivity index (χ0) is 15.9. The number of amides is 2. The first kappa shape index (κ1) is 17.2. The molecular weight excluding hydrogens is 296 g/mol. The van der Waals surface area contributed by atoms with E-state index in [4.69, 9.17) is 0 Å². The average Bonchev–Trinajstić information content (AvgIpc) is 2.95. The second-order valence-corrected chi connectivity index (χ2v) is 7.17. The second kappa shape index (κ2) is 8.44. The van der Waals surface area contributed by atoms with Crippen LogP contribution in [0.2, 0.25) is 0 Å². The topological polar surface area (TPSA) is 61.4 Å². The average molecular weight is 322 g/mol. The lowest BCUT2D eigenvalue weighted by Gasteiger charge is -2.22. The number of rotatable bonds is 6. The quantitative estimate of drug-likeness (QED) is 0.754. The van der Waals surface area contributed by atoms with Gasteiger partial charge in [-0.1, -0.05) is 30.3 Å². The van der Waals surface area contributed by atoms with Gasteiger partial charge in [-0.25, -0.2) is 4.79 Å². The number of carbonyl (C=O) groups is 1. The highest BCUT2D eigenvalue weighted by Gasteiger charge is 2.26. The Kier molecular flexibility index (Phi) is 6.58. The first-order valence-corrected chi connectivity index (χ1v) is 9.19. The van der Waals surface area contributed by atoms with E-state index < -0.39 is 6.10 Å². The lowest BCUT2D eigenvalue weighted by Crippen LogP contribution is -2.49. The van der Waals surface area contributed by atoms with Gasteiger partial charge in [-0.05, 0) is 38.0 Å². The fourth-order valence-corrected chi connectivity index (χ4v) is 3.64. The molecule has 5 heteroatoms. The van der Waals surface area contributed by atoms with Gasteiger partial charge < -0.3 is 15.7 Å². The molecule has 0 saturated heterocycles. The molecule has 1 saturated carbocycles. The molecule has 1 aliphatic carbocycles. The Balaban J connectivity index is 1.73. The van der Waals surface area contributed by atoms with Gasteiger partial charge >= 0.3 is 6.03 Å². The van der Waals surface area contributed by atoms with Crippen molar-refractivity contribution in [3.05, 3.63) is 35.9 Å². The molecule has 2 rings (SSSR count). The van der Waals surface area contributed by atoms with Crippen LogP contribution in [0.25, 0.3) is 0 Å². The minimum Gasteiger partial charge on any atom is -0.391 e. The van der Waals surface area contributed by atoms with Crippen LogP contribution < -0.4 is 10.6 Å². The molecule has 0 radical (unpaired) electrons. The zero-order valence-corrected chi connectivity index (χ0v) is 14.1. The molecule has 0 aliphatic heterocycles. The van der Waals surface area contributed by atoms with Gasteiger partial charge in [0.1, 0.15) is 0 Å². The maximum Gasteiger partial charge on any atom is 0.315 e. The van der Waals surface area contributed by atoms with Crippen molar-refractivity contribution in [1.29, 1.82) is 0 Å². The fraction of sp³-hybridized carbons (Fsp3) is 0.588. The molecule has 0 heterocycles.